The summed E-state index contributed by atoms with van der Waals surface area (Å²) in [5, 5.41) is 6.46. The van der Waals surface area contributed by atoms with Crippen molar-refractivity contribution in [2.45, 2.75) is 20.0 Å². The molecule has 0 atom stereocenters. The lowest BCUT2D eigenvalue weighted by Gasteiger charge is -2.13. The summed E-state index contributed by atoms with van der Waals surface area (Å²) in [6, 6.07) is 18.1. The van der Waals surface area contributed by atoms with Crippen molar-refractivity contribution in [1.82, 2.24) is 19.7 Å². The first kappa shape index (κ1) is 22.8. The third kappa shape index (κ3) is 4.68. The Hall–Kier alpha value is -4.40. The standard InChI is InChI=1S/C25H20F2N4O3/c1-16-6-2-3-7-18(16)15-30-24(33)22(23(32)28-14-17-10-12-19(26)13-11-17)29-31(25(30)34)21-9-5-4-8-20(21)27/h2-13H,14-15H2,1H3,(H,28,32). The molecule has 4 aromatic rings. The van der Waals surface area contributed by atoms with E-state index < -0.39 is 34.5 Å². The number of halogens is 2. The first-order valence-electron chi connectivity index (χ1n) is 10.4. The van der Waals surface area contributed by atoms with Crippen LogP contribution in [-0.4, -0.2) is 20.3 Å². The van der Waals surface area contributed by atoms with Crippen LogP contribution in [-0.2, 0) is 13.1 Å². The summed E-state index contributed by atoms with van der Waals surface area (Å²) >= 11 is 0. The molecule has 0 aliphatic carbocycles. The number of nitrogens with zero attached hydrogens (tertiary/aromatic N) is 3. The van der Waals surface area contributed by atoms with Crippen LogP contribution in [0.25, 0.3) is 5.69 Å². The quantitative estimate of drug-likeness (QED) is 0.478. The number of rotatable bonds is 6. The average molecular weight is 462 g/mol. The van der Waals surface area contributed by atoms with Gasteiger partial charge in [0.15, 0.2) is 0 Å². The predicted octanol–water partition coefficient (Wildman–Crippen LogP) is 2.96. The molecule has 0 unspecified atom stereocenters. The molecule has 4 rings (SSSR count). The summed E-state index contributed by atoms with van der Waals surface area (Å²) in [5.74, 6) is -2.01. The Morgan fingerprint density at radius 2 is 1.62 bits per heavy atom. The third-order valence-electron chi connectivity index (χ3n) is 5.31. The largest absolute Gasteiger partial charge is 0.352 e. The second-order valence-corrected chi connectivity index (χ2v) is 7.62. The lowest BCUT2D eigenvalue weighted by molar-refractivity contribution is 0.0941. The van der Waals surface area contributed by atoms with Crippen molar-refractivity contribution in [2.75, 3.05) is 0 Å². The first-order chi connectivity index (χ1) is 16.3. The lowest BCUT2D eigenvalue weighted by Crippen LogP contribution is -2.46. The van der Waals surface area contributed by atoms with Crippen molar-refractivity contribution in [3.8, 4) is 5.69 Å². The van der Waals surface area contributed by atoms with Gasteiger partial charge in [-0.3, -0.25) is 14.2 Å². The highest BCUT2D eigenvalue weighted by Gasteiger charge is 2.21. The van der Waals surface area contributed by atoms with E-state index in [4.69, 9.17) is 0 Å². The fourth-order valence-corrected chi connectivity index (χ4v) is 3.40. The van der Waals surface area contributed by atoms with Gasteiger partial charge in [0.1, 0.15) is 17.3 Å². The number of aryl methyl sites for hydroxylation is 1. The van der Waals surface area contributed by atoms with E-state index in [0.29, 0.717) is 15.8 Å². The maximum Gasteiger partial charge on any atom is 0.352 e. The number of hydrogen-bond donors (Lipinski definition) is 1. The molecule has 0 aliphatic rings. The second kappa shape index (κ2) is 9.62. The summed E-state index contributed by atoms with van der Waals surface area (Å²) in [7, 11) is 0. The number of para-hydroxylation sites is 1. The summed E-state index contributed by atoms with van der Waals surface area (Å²) in [6.45, 7) is 1.70. The van der Waals surface area contributed by atoms with Crippen molar-refractivity contribution in [1.29, 1.82) is 0 Å². The fourth-order valence-electron chi connectivity index (χ4n) is 3.40. The molecule has 3 aromatic carbocycles. The molecule has 0 radical (unpaired) electrons. The van der Waals surface area contributed by atoms with Gasteiger partial charge >= 0.3 is 5.69 Å². The topological polar surface area (TPSA) is 86.0 Å². The minimum atomic E-state index is -0.905. The van der Waals surface area contributed by atoms with E-state index in [9.17, 15) is 23.2 Å². The van der Waals surface area contributed by atoms with Gasteiger partial charge < -0.3 is 5.32 Å². The Balaban J connectivity index is 1.79. The average Bonchev–Trinajstić information content (AvgIpc) is 2.83. The fraction of sp³-hybridized carbons (Fsp3) is 0.120. The molecule has 1 aromatic heterocycles. The zero-order chi connectivity index (χ0) is 24.2. The monoisotopic (exact) mass is 462 g/mol. The Morgan fingerprint density at radius 1 is 0.941 bits per heavy atom. The Morgan fingerprint density at radius 3 is 2.32 bits per heavy atom. The molecule has 1 heterocycles. The van der Waals surface area contributed by atoms with Crippen molar-refractivity contribution in [2.24, 2.45) is 0 Å². The van der Waals surface area contributed by atoms with Crippen molar-refractivity contribution in [3.63, 3.8) is 0 Å². The van der Waals surface area contributed by atoms with Gasteiger partial charge in [0, 0.05) is 6.54 Å². The SMILES string of the molecule is Cc1ccccc1Cn1c(=O)c(C(=O)NCc2ccc(F)cc2)nn(-c2ccccc2F)c1=O. The number of aromatic nitrogens is 3. The maximum atomic E-state index is 14.5. The van der Waals surface area contributed by atoms with Crippen LogP contribution in [0, 0.1) is 18.6 Å². The molecule has 0 fully saturated rings. The van der Waals surface area contributed by atoms with E-state index in [1.165, 1.54) is 42.5 Å². The number of benzene rings is 3. The van der Waals surface area contributed by atoms with Crippen LogP contribution in [0.3, 0.4) is 0 Å². The smallest absolute Gasteiger partial charge is 0.346 e. The molecular formula is C25H20F2N4O3. The van der Waals surface area contributed by atoms with E-state index in [-0.39, 0.29) is 18.8 Å². The van der Waals surface area contributed by atoms with Gasteiger partial charge in [0.2, 0.25) is 5.69 Å². The van der Waals surface area contributed by atoms with Crippen LogP contribution in [0.1, 0.15) is 27.2 Å². The van der Waals surface area contributed by atoms with Crippen LogP contribution in [0.5, 0.6) is 0 Å². The first-order valence-corrected chi connectivity index (χ1v) is 10.4. The van der Waals surface area contributed by atoms with Crippen LogP contribution in [0.4, 0.5) is 8.78 Å². The molecule has 0 saturated carbocycles. The Bertz CT molecular complexity index is 1480. The van der Waals surface area contributed by atoms with Gasteiger partial charge in [-0.05, 0) is 47.9 Å². The summed E-state index contributed by atoms with van der Waals surface area (Å²) in [5.41, 5.74) is -0.434. The molecule has 9 heteroatoms. The van der Waals surface area contributed by atoms with E-state index >= 15 is 0 Å². The predicted molar refractivity (Wildman–Crippen MR) is 122 cm³/mol. The molecule has 0 spiro atoms. The van der Waals surface area contributed by atoms with Gasteiger partial charge in [-0.15, -0.1) is 0 Å². The third-order valence-corrected chi connectivity index (χ3v) is 5.31. The number of hydrogen-bond acceptors (Lipinski definition) is 4. The molecule has 34 heavy (non-hydrogen) atoms. The highest BCUT2D eigenvalue weighted by Crippen LogP contribution is 2.11. The highest BCUT2D eigenvalue weighted by atomic mass is 19.1. The number of nitrogens with one attached hydrogen (secondary N) is 1. The van der Waals surface area contributed by atoms with Crippen molar-refractivity contribution < 1.29 is 13.6 Å². The molecular weight excluding hydrogens is 442 g/mol. The summed E-state index contributed by atoms with van der Waals surface area (Å²) in [6.07, 6.45) is 0. The van der Waals surface area contributed by atoms with Gasteiger partial charge in [0.05, 0.1) is 6.54 Å². The molecule has 0 bridgehead atoms. The van der Waals surface area contributed by atoms with Crippen LogP contribution >= 0.6 is 0 Å². The van der Waals surface area contributed by atoms with E-state index in [1.54, 1.807) is 12.1 Å². The summed E-state index contributed by atoms with van der Waals surface area (Å²) < 4.78 is 29.2. The van der Waals surface area contributed by atoms with E-state index in [2.05, 4.69) is 10.4 Å². The molecule has 172 valence electrons. The van der Waals surface area contributed by atoms with Crippen molar-refractivity contribution >= 4 is 5.91 Å². The number of carbonyl (C=O) groups is 1. The van der Waals surface area contributed by atoms with E-state index in [1.807, 2.05) is 19.1 Å². The molecule has 1 N–H and O–H groups in total. The minimum absolute atomic E-state index is 0.00312. The van der Waals surface area contributed by atoms with Crippen LogP contribution in [0.2, 0.25) is 0 Å². The van der Waals surface area contributed by atoms with Gasteiger partial charge in [-0.25, -0.2) is 13.6 Å². The number of amides is 1. The molecule has 0 saturated heterocycles. The van der Waals surface area contributed by atoms with Gasteiger partial charge in [0.25, 0.3) is 11.5 Å². The van der Waals surface area contributed by atoms with Gasteiger partial charge in [-0.1, -0.05) is 48.5 Å². The maximum absolute atomic E-state index is 14.5. The van der Waals surface area contributed by atoms with Crippen LogP contribution < -0.4 is 16.6 Å². The normalized spacial score (nSPS) is 10.8. The highest BCUT2D eigenvalue weighted by molar-refractivity contribution is 5.91. The zero-order valence-corrected chi connectivity index (χ0v) is 18.2. The van der Waals surface area contributed by atoms with Gasteiger partial charge in [-0.2, -0.15) is 9.78 Å². The minimum Gasteiger partial charge on any atom is -0.346 e. The molecule has 0 aliphatic heterocycles. The van der Waals surface area contributed by atoms with Crippen LogP contribution in [0.15, 0.2) is 82.4 Å². The van der Waals surface area contributed by atoms with E-state index in [0.717, 1.165) is 16.2 Å². The summed E-state index contributed by atoms with van der Waals surface area (Å²) in [4.78, 5) is 39.2. The lowest BCUT2D eigenvalue weighted by atomic mass is 10.1. The van der Waals surface area contributed by atoms with Crippen molar-refractivity contribution in [3.05, 3.63) is 128 Å². The second-order valence-electron chi connectivity index (χ2n) is 7.62. The Kier molecular flexibility index (Phi) is 6.44. The number of carbonyl (C=O) groups excluding carboxylic acids is 1. The molecule has 1 amide bonds. The Labute approximate surface area is 192 Å². The zero-order valence-electron chi connectivity index (χ0n) is 18.2. The molecule has 7 nitrogen and oxygen atoms in total.